The van der Waals surface area contributed by atoms with Gasteiger partial charge in [0.15, 0.2) is 5.78 Å². The van der Waals surface area contributed by atoms with E-state index in [1.807, 2.05) is 0 Å². The SMILES string of the molecule is C=C(C)C(=O)CCCCCCC[Si](OC)(OC)OC. The number of carbonyl (C=O) groups is 1. The quantitative estimate of drug-likeness (QED) is 0.314. The summed E-state index contributed by atoms with van der Waals surface area (Å²) < 4.78 is 16.1. The number of hydrogen-bond acceptors (Lipinski definition) is 4. The Labute approximate surface area is 118 Å². The second kappa shape index (κ2) is 10.3. The smallest absolute Gasteiger partial charge is 0.377 e. The zero-order chi connectivity index (χ0) is 14.7. The van der Waals surface area contributed by atoms with E-state index in [9.17, 15) is 4.79 Å². The van der Waals surface area contributed by atoms with Crippen LogP contribution in [0.4, 0.5) is 0 Å². The summed E-state index contributed by atoms with van der Waals surface area (Å²) in [5, 5.41) is 0. The molecule has 0 aromatic rings. The molecule has 4 nitrogen and oxygen atoms in total. The third-order valence-corrected chi connectivity index (χ3v) is 6.13. The minimum absolute atomic E-state index is 0.185. The Kier molecular flexibility index (Phi) is 10.0. The number of unbranched alkanes of at least 4 members (excludes halogenated alkanes) is 4. The Morgan fingerprint density at radius 1 is 0.947 bits per heavy atom. The van der Waals surface area contributed by atoms with E-state index >= 15 is 0 Å². The number of allylic oxidation sites excluding steroid dienone is 1. The Hall–Kier alpha value is -0.493. The van der Waals surface area contributed by atoms with Crippen LogP contribution in [-0.2, 0) is 18.1 Å². The number of hydrogen-bond donors (Lipinski definition) is 0. The van der Waals surface area contributed by atoms with E-state index in [0.717, 1.165) is 38.1 Å². The van der Waals surface area contributed by atoms with Crippen LogP contribution in [0.2, 0.25) is 6.04 Å². The highest BCUT2D eigenvalue weighted by molar-refractivity contribution is 6.60. The maximum absolute atomic E-state index is 11.3. The van der Waals surface area contributed by atoms with Crippen LogP contribution in [-0.4, -0.2) is 35.9 Å². The number of Topliss-reactive ketones (excluding diaryl/α,β-unsaturated/α-hetero) is 1. The van der Waals surface area contributed by atoms with Crippen molar-refractivity contribution < 1.29 is 18.1 Å². The van der Waals surface area contributed by atoms with E-state index in [4.69, 9.17) is 13.3 Å². The first-order chi connectivity index (χ1) is 9.01. The first-order valence-corrected chi connectivity index (χ1v) is 8.78. The highest BCUT2D eigenvalue weighted by atomic mass is 28.4. The molecule has 0 aromatic heterocycles. The van der Waals surface area contributed by atoms with Gasteiger partial charge in [-0.15, -0.1) is 0 Å². The second-order valence-electron chi connectivity index (χ2n) is 4.77. The average Bonchev–Trinajstić information content (AvgIpc) is 2.42. The van der Waals surface area contributed by atoms with Crippen molar-refractivity contribution in [3.63, 3.8) is 0 Å². The van der Waals surface area contributed by atoms with Gasteiger partial charge >= 0.3 is 8.80 Å². The zero-order valence-electron chi connectivity index (χ0n) is 12.8. The van der Waals surface area contributed by atoms with Gasteiger partial charge in [0.2, 0.25) is 0 Å². The molecule has 0 rings (SSSR count). The molecule has 0 spiro atoms. The molecule has 19 heavy (non-hydrogen) atoms. The predicted molar refractivity (Wildman–Crippen MR) is 79.1 cm³/mol. The van der Waals surface area contributed by atoms with Gasteiger partial charge in [0.1, 0.15) is 0 Å². The lowest BCUT2D eigenvalue weighted by Gasteiger charge is -2.24. The molecule has 112 valence electrons. The van der Waals surface area contributed by atoms with Gasteiger partial charge in [-0.2, -0.15) is 0 Å². The van der Waals surface area contributed by atoms with E-state index < -0.39 is 8.80 Å². The summed E-state index contributed by atoms with van der Waals surface area (Å²) in [6, 6.07) is 0.848. The number of ketones is 1. The molecular weight excluding hydrogens is 260 g/mol. The van der Waals surface area contributed by atoms with Gasteiger partial charge in [-0.05, 0) is 25.3 Å². The van der Waals surface area contributed by atoms with E-state index in [1.54, 1.807) is 28.3 Å². The van der Waals surface area contributed by atoms with E-state index in [1.165, 1.54) is 0 Å². The highest BCUT2D eigenvalue weighted by Gasteiger charge is 2.36. The fourth-order valence-electron chi connectivity index (χ4n) is 1.93. The van der Waals surface area contributed by atoms with Crippen molar-refractivity contribution in [3.8, 4) is 0 Å². The average molecular weight is 288 g/mol. The Morgan fingerprint density at radius 2 is 1.42 bits per heavy atom. The summed E-state index contributed by atoms with van der Waals surface area (Å²) in [5.74, 6) is 0.185. The molecule has 0 N–H and O–H groups in total. The second-order valence-corrected chi connectivity index (χ2v) is 7.86. The van der Waals surface area contributed by atoms with E-state index in [-0.39, 0.29) is 5.78 Å². The van der Waals surface area contributed by atoms with Gasteiger partial charge < -0.3 is 13.3 Å². The predicted octanol–water partition coefficient (Wildman–Crippen LogP) is 3.35. The molecule has 0 atom stereocenters. The molecular formula is C14H28O4Si. The van der Waals surface area contributed by atoms with Gasteiger partial charge in [0.25, 0.3) is 0 Å². The summed E-state index contributed by atoms with van der Waals surface area (Å²) in [6.45, 7) is 5.42. The Morgan fingerprint density at radius 3 is 1.89 bits per heavy atom. The molecule has 0 aliphatic heterocycles. The third kappa shape index (κ3) is 7.62. The molecule has 0 unspecified atom stereocenters. The molecule has 5 heteroatoms. The summed E-state index contributed by atoms with van der Waals surface area (Å²) in [6.07, 6.45) is 5.95. The molecule has 0 aliphatic rings. The Bertz CT molecular complexity index is 266. The molecule has 0 amide bonds. The van der Waals surface area contributed by atoms with Crippen LogP contribution in [0.1, 0.15) is 45.4 Å². The minimum Gasteiger partial charge on any atom is -0.377 e. The lowest BCUT2D eigenvalue weighted by atomic mass is 10.1. The van der Waals surface area contributed by atoms with Crippen molar-refractivity contribution in [3.05, 3.63) is 12.2 Å². The topological polar surface area (TPSA) is 44.8 Å². The summed E-state index contributed by atoms with van der Waals surface area (Å²) in [5.41, 5.74) is 0.663. The van der Waals surface area contributed by atoms with Gasteiger partial charge in [-0.25, -0.2) is 0 Å². The molecule has 0 aliphatic carbocycles. The van der Waals surface area contributed by atoms with Crippen molar-refractivity contribution >= 4 is 14.6 Å². The minimum atomic E-state index is -2.38. The maximum atomic E-state index is 11.3. The van der Waals surface area contributed by atoms with Crippen molar-refractivity contribution in [1.29, 1.82) is 0 Å². The van der Waals surface area contributed by atoms with Gasteiger partial charge in [0, 0.05) is 33.8 Å². The summed E-state index contributed by atoms with van der Waals surface area (Å²) >= 11 is 0. The van der Waals surface area contributed by atoms with Crippen LogP contribution < -0.4 is 0 Å². The van der Waals surface area contributed by atoms with E-state index in [0.29, 0.717) is 12.0 Å². The Balaban J connectivity index is 3.60. The summed E-state index contributed by atoms with van der Waals surface area (Å²) in [4.78, 5) is 11.3. The molecule has 0 aromatic carbocycles. The third-order valence-electron chi connectivity index (χ3n) is 3.30. The molecule has 0 heterocycles. The van der Waals surface area contributed by atoms with E-state index in [2.05, 4.69) is 6.58 Å². The first-order valence-electron chi connectivity index (χ1n) is 6.85. The van der Waals surface area contributed by atoms with Crippen molar-refractivity contribution in [2.45, 2.75) is 51.5 Å². The fraction of sp³-hybridized carbons (Fsp3) is 0.786. The lowest BCUT2D eigenvalue weighted by Crippen LogP contribution is -2.42. The van der Waals surface area contributed by atoms with Gasteiger partial charge in [-0.1, -0.05) is 25.8 Å². The largest absolute Gasteiger partial charge is 0.500 e. The first kappa shape index (κ1) is 18.5. The van der Waals surface area contributed by atoms with Crippen LogP contribution in [0.15, 0.2) is 12.2 Å². The van der Waals surface area contributed by atoms with Gasteiger partial charge in [0.05, 0.1) is 0 Å². The van der Waals surface area contributed by atoms with Crippen molar-refractivity contribution in [2.75, 3.05) is 21.3 Å². The molecule has 0 fully saturated rings. The molecule has 0 bridgehead atoms. The highest BCUT2D eigenvalue weighted by Crippen LogP contribution is 2.18. The van der Waals surface area contributed by atoms with Crippen LogP contribution in [0.5, 0.6) is 0 Å². The standard InChI is InChI=1S/C14H28O4Si/c1-13(2)14(15)11-9-7-6-8-10-12-19(16-3,17-4)18-5/h1,6-12H2,2-5H3. The lowest BCUT2D eigenvalue weighted by molar-refractivity contribution is -0.115. The van der Waals surface area contributed by atoms with Crippen LogP contribution in [0.25, 0.3) is 0 Å². The van der Waals surface area contributed by atoms with Crippen LogP contribution in [0.3, 0.4) is 0 Å². The maximum Gasteiger partial charge on any atom is 0.500 e. The van der Waals surface area contributed by atoms with Crippen LogP contribution in [0, 0.1) is 0 Å². The van der Waals surface area contributed by atoms with Crippen LogP contribution >= 0.6 is 0 Å². The molecule has 0 radical (unpaired) electrons. The number of rotatable bonds is 12. The molecule has 0 saturated heterocycles. The monoisotopic (exact) mass is 288 g/mol. The van der Waals surface area contributed by atoms with Crippen molar-refractivity contribution in [2.24, 2.45) is 0 Å². The fourth-order valence-corrected chi connectivity index (χ4v) is 3.72. The van der Waals surface area contributed by atoms with Gasteiger partial charge in [-0.3, -0.25) is 4.79 Å². The zero-order valence-corrected chi connectivity index (χ0v) is 13.8. The molecule has 0 saturated carbocycles. The summed E-state index contributed by atoms with van der Waals surface area (Å²) in [7, 11) is 2.54. The van der Waals surface area contributed by atoms with Crippen molar-refractivity contribution in [1.82, 2.24) is 0 Å². The number of carbonyl (C=O) groups excluding carboxylic acids is 1. The normalized spacial score (nSPS) is 11.6.